The van der Waals surface area contributed by atoms with Gasteiger partial charge in [0.15, 0.2) is 0 Å². The molecule has 0 N–H and O–H groups in total. The van der Waals surface area contributed by atoms with Crippen molar-refractivity contribution in [2.75, 3.05) is 0 Å². The molecule has 0 spiro atoms. The topological polar surface area (TPSA) is 17.1 Å². The second-order valence-corrected chi connectivity index (χ2v) is 6.07. The summed E-state index contributed by atoms with van der Waals surface area (Å²) in [6.45, 7) is 1.95. The molecule has 0 amide bonds. The average molecular weight is 360 g/mol. The monoisotopic (exact) mass is 358 g/mol. The molecule has 1 aromatic heterocycles. The maximum atomic E-state index is 12.2. The van der Waals surface area contributed by atoms with Crippen LogP contribution < -0.4 is 0 Å². The lowest BCUT2D eigenvalue weighted by molar-refractivity contribution is 0.104. The van der Waals surface area contributed by atoms with Crippen LogP contribution in [0.25, 0.3) is 0 Å². The molecule has 82 valence electrons. The molecule has 1 aromatic carbocycles. The molecule has 16 heavy (non-hydrogen) atoms. The number of benzene rings is 1. The summed E-state index contributed by atoms with van der Waals surface area (Å²) in [7, 11) is 0. The molecule has 0 fully saturated rings. The molecule has 0 unspecified atom stereocenters. The van der Waals surface area contributed by atoms with Gasteiger partial charge in [-0.2, -0.15) is 0 Å². The Bertz CT molecular complexity index is 546. The van der Waals surface area contributed by atoms with Crippen LogP contribution in [-0.2, 0) is 0 Å². The Labute approximate surface area is 115 Å². The van der Waals surface area contributed by atoms with Gasteiger partial charge < -0.3 is 0 Å². The van der Waals surface area contributed by atoms with E-state index in [1.165, 1.54) is 11.3 Å². The average Bonchev–Trinajstić information content (AvgIpc) is 2.63. The standard InChI is InChI=1S/C12H8Br2OS/c1-7-4-5-16-12(7)11(15)9-3-2-8(13)6-10(9)14/h2-6H,1H3. The van der Waals surface area contributed by atoms with E-state index < -0.39 is 0 Å². The molecule has 0 saturated heterocycles. The third-order valence-electron chi connectivity index (χ3n) is 2.24. The van der Waals surface area contributed by atoms with Crippen LogP contribution in [0.15, 0.2) is 38.6 Å². The second-order valence-electron chi connectivity index (χ2n) is 3.39. The highest BCUT2D eigenvalue weighted by Crippen LogP contribution is 2.27. The first-order valence-corrected chi connectivity index (χ1v) is 7.10. The van der Waals surface area contributed by atoms with Crippen molar-refractivity contribution < 1.29 is 4.79 Å². The van der Waals surface area contributed by atoms with Crippen molar-refractivity contribution in [3.8, 4) is 0 Å². The Morgan fingerprint density at radius 2 is 2.00 bits per heavy atom. The Balaban J connectivity index is 2.46. The Morgan fingerprint density at radius 3 is 2.56 bits per heavy atom. The molecular formula is C12H8Br2OS. The van der Waals surface area contributed by atoms with Gasteiger partial charge in [-0.1, -0.05) is 15.9 Å². The molecule has 1 heterocycles. The number of thiophene rings is 1. The van der Waals surface area contributed by atoms with Gasteiger partial charge in [-0.3, -0.25) is 4.79 Å². The molecule has 2 aromatic rings. The van der Waals surface area contributed by atoms with Crippen molar-refractivity contribution in [3.05, 3.63) is 54.6 Å². The van der Waals surface area contributed by atoms with E-state index in [4.69, 9.17) is 0 Å². The van der Waals surface area contributed by atoms with Crippen LogP contribution in [0.3, 0.4) is 0 Å². The molecule has 0 atom stereocenters. The summed E-state index contributed by atoms with van der Waals surface area (Å²) in [5.41, 5.74) is 1.73. The minimum absolute atomic E-state index is 0.0758. The minimum atomic E-state index is 0.0758. The lowest BCUT2D eigenvalue weighted by atomic mass is 10.1. The van der Waals surface area contributed by atoms with Crippen molar-refractivity contribution >= 4 is 49.0 Å². The summed E-state index contributed by atoms with van der Waals surface area (Å²) >= 11 is 8.26. The fourth-order valence-electron chi connectivity index (χ4n) is 1.40. The predicted octanol–water partition coefficient (Wildman–Crippen LogP) is 4.81. The van der Waals surface area contributed by atoms with Crippen LogP contribution in [0, 0.1) is 6.92 Å². The van der Waals surface area contributed by atoms with Crippen molar-refractivity contribution in [1.82, 2.24) is 0 Å². The molecule has 0 aliphatic carbocycles. The number of halogens is 2. The third kappa shape index (κ3) is 2.29. The minimum Gasteiger partial charge on any atom is -0.288 e. The van der Waals surface area contributed by atoms with Crippen LogP contribution in [0.1, 0.15) is 20.8 Å². The molecule has 0 aliphatic rings. The van der Waals surface area contributed by atoms with E-state index in [1.807, 2.05) is 36.6 Å². The molecule has 0 bridgehead atoms. The SMILES string of the molecule is Cc1ccsc1C(=O)c1ccc(Br)cc1Br. The first kappa shape index (κ1) is 12.0. The molecule has 0 radical (unpaired) electrons. The summed E-state index contributed by atoms with van der Waals surface area (Å²) in [6.07, 6.45) is 0. The maximum absolute atomic E-state index is 12.2. The number of hydrogen-bond acceptors (Lipinski definition) is 2. The molecule has 2 rings (SSSR count). The largest absolute Gasteiger partial charge is 0.288 e. The smallest absolute Gasteiger partial charge is 0.204 e. The summed E-state index contributed by atoms with van der Waals surface area (Å²) in [4.78, 5) is 13.0. The van der Waals surface area contributed by atoms with Crippen LogP contribution in [-0.4, -0.2) is 5.78 Å². The molecule has 0 aliphatic heterocycles. The quantitative estimate of drug-likeness (QED) is 0.703. The first-order chi connectivity index (χ1) is 7.59. The first-order valence-electron chi connectivity index (χ1n) is 4.63. The fourth-order valence-corrected chi connectivity index (χ4v) is 3.51. The number of carbonyl (C=O) groups excluding carboxylic acids is 1. The van der Waals surface area contributed by atoms with Gasteiger partial charge in [0.2, 0.25) is 5.78 Å². The highest BCUT2D eigenvalue weighted by Gasteiger charge is 2.15. The van der Waals surface area contributed by atoms with E-state index in [9.17, 15) is 4.79 Å². The van der Waals surface area contributed by atoms with E-state index in [1.54, 1.807) is 0 Å². The highest BCUT2D eigenvalue weighted by molar-refractivity contribution is 9.11. The third-order valence-corrected chi connectivity index (χ3v) is 4.41. The van der Waals surface area contributed by atoms with Gasteiger partial charge in [0.25, 0.3) is 0 Å². The Hall–Kier alpha value is -0.450. The number of rotatable bonds is 2. The van der Waals surface area contributed by atoms with Gasteiger partial charge in [-0.15, -0.1) is 11.3 Å². The molecular weight excluding hydrogens is 352 g/mol. The number of hydrogen-bond donors (Lipinski definition) is 0. The lowest BCUT2D eigenvalue weighted by Crippen LogP contribution is -2.01. The van der Waals surface area contributed by atoms with Gasteiger partial charge in [-0.05, 0) is 58.1 Å². The zero-order valence-electron chi connectivity index (χ0n) is 8.46. The number of carbonyl (C=O) groups is 1. The van der Waals surface area contributed by atoms with Gasteiger partial charge in [0.1, 0.15) is 0 Å². The van der Waals surface area contributed by atoms with Crippen LogP contribution in [0.4, 0.5) is 0 Å². The van der Waals surface area contributed by atoms with Gasteiger partial charge in [0.05, 0.1) is 4.88 Å². The van der Waals surface area contributed by atoms with Gasteiger partial charge in [0, 0.05) is 14.5 Å². The fraction of sp³-hybridized carbons (Fsp3) is 0.0833. The summed E-state index contributed by atoms with van der Waals surface area (Å²) in [6, 6.07) is 7.55. The molecule has 0 saturated carbocycles. The van der Waals surface area contributed by atoms with Crippen LogP contribution in [0.2, 0.25) is 0 Å². The van der Waals surface area contributed by atoms with E-state index in [-0.39, 0.29) is 5.78 Å². The Kier molecular flexibility index (Phi) is 3.62. The maximum Gasteiger partial charge on any atom is 0.204 e. The van der Waals surface area contributed by atoms with Crippen molar-refractivity contribution in [2.45, 2.75) is 6.92 Å². The predicted molar refractivity (Wildman–Crippen MR) is 74.3 cm³/mol. The highest BCUT2D eigenvalue weighted by atomic mass is 79.9. The molecule has 1 nitrogen and oxygen atoms in total. The summed E-state index contributed by atoms with van der Waals surface area (Å²) < 4.78 is 1.78. The zero-order valence-corrected chi connectivity index (χ0v) is 12.4. The summed E-state index contributed by atoms with van der Waals surface area (Å²) in [5.74, 6) is 0.0758. The van der Waals surface area contributed by atoms with Crippen LogP contribution >= 0.6 is 43.2 Å². The van der Waals surface area contributed by atoms with E-state index >= 15 is 0 Å². The second kappa shape index (κ2) is 4.82. The van der Waals surface area contributed by atoms with E-state index in [0.29, 0.717) is 5.56 Å². The van der Waals surface area contributed by atoms with Crippen LogP contribution in [0.5, 0.6) is 0 Å². The van der Waals surface area contributed by atoms with Crippen molar-refractivity contribution in [3.63, 3.8) is 0 Å². The van der Waals surface area contributed by atoms with Gasteiger partial charge in [-0.25, -0.2) is 0 Å². The zero-order chi connectivity index (χ0) is 11.7. The Morgan fingerprint density at radius 1 is 1.25 bits per heavy atom. The molecule has 4 heteroatoms. The lowest BCUT2D eigenvalue weighted by Gasteiger charge is -2.03. The van der Waals surface area contributed by atoms with Crippen molar-refractivity contribution in [1.29, 1.82) is 0 Å². The van der Waals surface area contributed by atoms with E-state index in [0.717, 1.165) is 19.4 Å². The number of aryl methyl sites for hydroxylation is 1. The number of ketones is 1. The normalized spacial score (nSPS) is 10.4. The van der Waals surface area contributed by atoms with Gasteiger partial charge >= 0.3 is 0 Å². The van der Waals surface area contributed by atoms with E-state index in [2.05, 4.69) is 31.9 Å². The summed E-state index contributed by atoms with van der Waals surface area (Å²) in [5, 5.41) is 1.94. The van der Waals surface area contributed by atoms with Crippen molar-refractivity contribution in [2.24, 2.45) is 0 Å².